The van der Waals surface area contributed by atoms with Crippen LogP contribution in [0.2, 0.25) is 0 Å². The van der Waals surface area contributed by atoms with Gasteiger partial charge in [0.2, 0.25) is 0 Å². The summed E-state index contributed by atoms with van der Waals surface area (Å²) in [6.45, 7) is 5.55. The lowest BCUT2D eigenvalue weighted by Gasteiger charge is -2.24. The molecule has 66 valence electrons. The number of hydrogen-bond donors (Lipinski definition) is 0. The third-order valence-electron chi connectivity index (χ3n) is 2.31. The molecule has 0 bridgehead atoms. The van der Waals surface area contributed by atoms with E-state index in [2.05, 4.69) is 21.7 Å². The summed E-state index contributed by atoms with van der Waals surface area (Å²) >= 11 is 0. The van der Waals surface area contributed by atoms with Crippen molar-refractivity contribution in [2.45, 2.75) is 32.9 Å². The molecule has 12 heavy (non-hydrogen) atoms. The van der Waals surface area contributed by atoms with Gasteiger partial charge < -0.3 is 9.30 Å². The molecule has 0 fully saturated rings. The van der Waals surface area contributed by atoms with Crippen LogP contribution in [0.5, 0.6) is 0 Å². The maximum atomic E-state index is 5.39. The lowest BCUT2D eigenvalue weighted by molar-refractivity contribution is 0.0527. The fraction of sp³-hybridized carbons (Fsp3) is 0.750. The molecular formula is C8H13N3O. The minimum Gasteiger partial charge on any atom is -0.371 e. The summed E-state index contributed by atoms with van der Waals surface area (Å²) in [5.41, 5.74) is 0. The molecule has 1 aromatic rings. The zero-order valence-electron chi connectivity index (χ0n) is 7.45. The van der Waals surface area contributed by atoms with Crippen LogP contribution < -0.4 is 0 Å². The second-order valence-corrected chi connectivity index (χ2v) is 3.11. The maximum Gasteiger partial charge on any atom is 0.159 e. The molecule has 1 unspecified atom stereocenters. The lowest BCUT2D eigenvalue weighted by Crippen LogP contribution is -2.24. The molecule has 0 amide bonds. The van der Waals surface area contributed by atoms with E-state index in [-0.39, 0.29) is 0 Å². The average molecular weight is 167 g/mol. The summed E-state index contributed by atoms with van der Waals surface area (Å²) in [6.07, 6.45) is 1.08. The Bertz CT molecular complexity index is 282. The topological polar surface area (TPSA) is 39.9 Å². The highest BCUT2D eigenvalue weighted by molar-refractivity contribution is 4.98. The highest BCUT2D eigenvalue weighted by atomic mass is 16.5. The first kappa shape index (κ1) is 7.73. The number of ether oxygens (including phenoxy) is 1. The minimum atomic E-state index is 0.434. The highest BCUT2D eigenvalue weighted by Crippen LogP contribution is 2.21. The summed E-state index contributed by atoms with van der Waals surface area (Å²) < 4.78 is 7.57. The molecule has 0 radical (unpaired) electrons. The summed E-state index contributed by atoms with van der Waals surface area (Å²) in [4.78, 5) is 0. The Balaban J connectivity index is 2.41. The van der Waals surface area contributed by atoms with Crippen LogP contribution in [0, 0.1) is 6.92 Å². The van der Waals surface area contributed by atoms with Crippen molar-refractivity contribution in [3.8, 4) is 0 Å². The van der Waals surface area contributed by atoms with Crippen LogP contribution in [0.3, 0.4) is 0 Å². The number of aryl methyl sites for hydroxylation is 1. The third-order valence-corrected chi connectivity index (χ3v) is 2.31. The van der Waals surface area contributed by atoms with E-state index in [9.17, 15) is 0 Å². The molecule has 0 aromatic carbocycles. The summed E-state index contributed by atoms with van der Waals surface area (Å²) in [7, 11) is 0. The van der Waals surface area contributed by atoms with Gasteiger partial charge in [-0.1, -0.05) is 6.92 Å². The minimum absolute atomic E-state index is 0.434. The van der Waals surface area contributed by atoms with Crippen molar-refractivity contribution in [1.29, 1.82) is 0 Å². The van der Waals surface area contributed by atoms with Crippen molar-refractivity contribution in [3.05, 3.63) is 11.6 Å². The van der Waals surface area contributed by atoms with E-state index in [1.54, 1.807) is 0 Å². The fourth-order valence-corrected chi connectivity index (χ4v) is 1.65. The molecule has 0 aliphatic carbocycles. The maximum absolute atomic E-state index is 5.39. The van der Waals surface area contributed by atoms with Gasteiger partial charge in [0, 0.05) is 0 Å². The molecule has 0 saturated carbocycles. The van der Waals surface area contributed by atoms with Crippen molar-refractivity contribution >= 4 is 0 Å². The van der Waals surface area contributed by atoms with Crippen LogP contribution in [-0.2, 0) is 11.3 Å². The molecule has 2 rings (SSSR count). The van der Waals surface area contributed by atoms with E-state index >= 15 is 0 Å². The fourth-order valence-electron chi connectivity index (χ4n) is 1.65. The second kappa shape index (κ2) is 2.86. The molecule has 4 heteroatoms. The Morgan fingerprint density at radius 3 is 3.17 bits per heavy atom. The zero-order valence-corrected chi connectivity index (χ0v) is 7.45. The Labute approximate surface area is 71.6 Å². The predicted molar refractivity (Wildman–Crippen MR) is 43.7 cm³/mol. The van der Waals surface area contributed by atoms with Crippen molar-refractivity contribution in [2.75, 3.05) is 6.61 Å². The normalized spacial score (nSPS) is 22.3. The number of rotatable bonds is 1. The van der Waals surface area contributed by atoms with Crippen molar-refractivity contribution in [1.82, 2.24) is 14.8 Å². The molecule has 1 aliphatic heterocycles. The molecule has 1 atom stereocenters. The largest absolute Gasteiger partial charge is 0.371 e. The predicted octanol–water partition coefficient (Wildman–Crippen LogP) is 1.07. The van der Waals surface area contributed by atoms with Gasteiger partial charge in [0.15, 0.2) is 5.82 Å². The Kier molecular flexibility index (Phi) is 1.84. The van der Waals surface area contributed by atoms with Crippen LogP contribution in [0.25, 0.3) is 0 Å². The Morgan fingerprint density at radius 1 is 1.58 bits per heavy atom. The lowest BCUT2D eigenvalue weighted by atomic mass is 10.2. The average Bonchev–Trinajstić information content (AvgIpc) is 2.48. The van der Waals surface area contributed by atoms with Gasteiger partial charge in [-0.25, -0.2) is 0 Å². The van der Waals surface area contributed by atoms with E-state index in [1.807, 2.05) is 6.92 Å². The summed E-state index contributed by atoms with van der Waals surface area (Å²) in [5.74, 6) is 1.96. The Hall–Kier alpha value is -0.900. The summed E-state index contributed by atoms with van der Waals surface area (Å²) in [6, 6.07) is 0.434. The number of fused-ring (bicyclic) bond motifs is 1. The first-order chi connectivity index (χ1) is 5.83. The van der Waals surface area contributed by atoms with Gasteiger partial charge in [0.1, 0.15) is 12.4 Å². The van der Waals surface area contributed by atoms with Crippen LogP contribution in [-0.4, -0.2) is 21.4 Å². The van der Waals surface area contributed by atoms with Gasteiger partial charge in [-0.2, -0.15) is 0 Å². The second-order valence-electron chi connectivity index (χ2n) is 3.11. The van der Waals surface area contributed by atoms with Gasteiger partial charge in [0.25, 0.3) is 0 Å². The highest BCUT2D eigenvalue weighted by Gasteiger charge is 2.21. The van der Waals surface area contributed by atoms with Gasteiger partial charge in [0.05, 0.1) is 12.6 Å². The number of nitrogens with zero attached hydrogens (tertiary/aromatic N) is 3. The number of aromatic nitrogens is 3. The van der Waals surface area contributed by atoms with E-state index in [1.165, 1.54) is 0 Å². The smallest absolute Gasteiger partial charge is 0.159 e. The van der Waals surface area contributed by atoms with Crippen LogP contribution in [0.1, 0.15) is 31.0 Å². The van der Waals surface area contributed by atoms with Gasteiger partial charge in [-0.05, 0) is 13.3 Å². The molecular weight excluding hydrogens is 154 g/mol. The monoisotopic (exact) mass is 167 g/mol. The van der Waals surface area contributed by atoms with Gasteiger partial charge in [-0.15, -0.1) is 10.2 Å². The molecule has 0 spiro atoms. The molecule has 1 aliphatic rings. The van der Waals surface area contributed by atoms with Crippen molar-refractivity contribution < 1.29 is 4.74 Å². The zero-order chi connectivity index (χ0) is 8.55. The summed E-state index contributed by atoms with van der Waals surface area (Å²) in [5, 5.41) is 8.07. The van der Waals surface area contributed by atoms with Crippen LogP contribution in [0.15, 0.2) is 0 Å². The quantitative estimate of drug-likeness (QED) is 0.628. The van der Waals surface area contributed by atoms with Crippen molar-refractivity contribution in [2.24, 2.45) is 0 Å². The Morgan fingerprint density at radius 2 is 2.42 bits per heavy atom. The molecule has 4 nitrogen and oxygen atoms in total. The molecule has 0 saturated heterocycles. The third kappa shape index (κ3) is 1.03. The van der Waals surface area contributed by atoms with Crippen LogP contribution in [0.4, 0.5) is 0 Å². The SMILES string of the molecule is CCC1COCc2nnc(C)n21. The molecule has 0 N–H and O–H groups in total. The first-order valence-corrected chi connectivity index (χ1v) is 4.31. The van der Waals surface area contributed by atoms with Crippen molar-refractivity contribution in [3.63, 3.8) is 0 Å². The van der Waals surface area contributed by atoms with E-state index in [4.69, 9.17) is 4.74 Å². The molecule has 2 heterocycles. The first-order valence-electron chi connectivity index (χ1n) is 4.31. The van der Waals surface area contributed by atoms with E-state index in [0.29, 0.717) is 12.6 Å². The van der Waals surface area contributed by atoms with E-state index < -0.39 is 0 Å². The van der Waals surface area contributed by atoms with Crippen LogP contribution >= 0.6 is 0 Å². The standard InChI is InChI=1S/C8H13N3O/c1-3-7-4-12-5-8-10-9-6(2)11(7)8/h7H,3-5H2,1-2H3. The van der Waals surface area contributed by atoms with Gasteiger partial charge >= 0.3 is 0 Å². The van der Waals surface area contributed by atoms with E-state index in [0.717, 1.165) is 24.7 Å². The van der Waals surface area contributed by atoms with Gasteiger partial charge in [-0.3, -0.25) is 0 Å². The molecule has 1 aromatic heterocycles. The number of hydrogen-bond acceptors (Lipinski definition) is 3.